The first kappa shape index (κ1) is 13.7. The molecule has 0 radical (unpaired) electrons. The Hall–Kier alpha value is -1.33. The predicted molar refractivity (Wildman–Crippen MR) is 52.9 cm³/mol. The summed E-state index contributed by atoms with van der Waals surface area (Å²) in [4.78, 5) is 16.3. The summed E-state index contributed by atoms with van der Waals surface area (Å²) in [5.41, 5.74) is 0. The first-order chi connectivity index (χ1) is 6.90. The summed E-state index contributed by atoms with van der Waals surface area (Å²) >= 11 is 0. The minimum Gasteiger partial charge on any atom is -0.597 e. The van der Waals surface area contributed by atoms with E-state index in [0.29, 0.717) is 0 Å². The van der Waals surface area contributed by atoms with Crippen LogP contribution in [0.25, 0.3) is 0 Å². The second kappa shape index (κ2) is 6.21. The second-order valence-corrected chi connectivity index (χ2v) is 3.75. The number of hydrogen-bond donors (Lipinski definition) is 0. The number of nitrogens with zero attached hydrogens (tertiary/aromatic N) is 2. The van der Waals surface area contributed by atoms with Crippen molar-refractivity contribution in [3.8, 4) is 0 Å². The van der Waals surface area contributed by atoms with Gasteiger partial charge in [0.2, 0.25) is 5.28 Å². The fourth-order valence-corrected chi connectivity index (χ4v) is 0.930. The van der Waals surface area contributed by atoms with Crippen molar-refractivity contribution in [1.82, 2.24) is 0 Å². The van der Waals surface area contributed by atoms with Gasteiger partial charge in [-0.05, 0) is 18.7 Å². The van der Waals surface area contributed by atoms with Crippen LogP contribution in [0.3, 0.4) is 0 Å². The third kappa shape index (κ3) is 4.62. The summed E-state index contributed by atoms with van der Waals surface area (Å²) in [5, 5.41) is 14.7. The number of hydroxylamine groups is 1. The number of carbonyl (C=O) groups excluding carboxylic acids is 1. The maximum Gasteiger partial charge on any atom is 0.379 e. The van der Waals surface area contributed by atoms with Gasteiger partial charge < -0.3 is 14.8 Å². The van der Waals surface area contributed by atoms with Crippen LogP contribution in [0.4, 0.5) is 0 Å². The number of methoxy groups -OCH3 is 1. The molecule has 0 aliphatic heterocycles. The number of esters is 1. The zero-order chi connectivity index (χ0) is 12.0. The van der Waals surface area contributed by atoms with Crippen LogP contribution in [0.2, 0.25) is 0 Å². The van der Waals surface area contributed by atoms with Gasteiger partial charge in [-0.15, -0.1) is 0 Å². The molecule has 0 spiro atoms. The van der Waals surface area contributed by atoms with Gasteiger partial charge in [0.1, 0.15) is 6.10 Å². The van der Waals surface area contributed by atoms with Gasteiger partial charge in [0.25, 0.3) is 6.04 Å². The minimum atomic E-state index is -0.964. The molecule has 6 heteroatoms. The number of carbonyl (C=O) groups is 1. The zero-order valence-corrected chi connectivity index (χ0v) is 9.76. The largest absolute Gasteiger partial charge is 0.597 e. The first-order valence-electron chi connectivity index (χ1n) is 4.81. The summed E-state index contributed by atoms with van der Waals surface area (Å²) in [6.45, 7) is 6.94. The molecule has 6 nitrogen and oxygen atoms in total. The lowest BCUT2D eigenvalue weighted by molar-refractivity contribution is -0.591. The summed E-state index contributed by atoms with van der Waals surface area (Å²) in [7, 11) is 1.23. The van der Waals surface area contributed by atoms with E-state index in [0.717, 1.165) is 0 Å². The molecule has 1 atom stereocenters. The van der Waals surface area contributed by atoms with Crippen LogP contribution in [0, 0.1) is 11.1 Å². The van der Waals surface area contributed by atoms with E-state index in [4.69, 9.17) is 4.84 Å². The summed E-state index contributed by atoms with van der Waals surface area (Å²) in [6.07, 6.45) is -0.202. The molecule has 0 fully saturated rings. The SMILES string of the molecule is COC(=O)C(C(C)C)/[N+]([O-])=N/OC(C)C. The summed E-state index contributed by atoms with van der Waals surface area (Å²) in [6, 6.07) is -0.964. The van der Waals surface area contributed by atoms with Crippen LogP contribution >= 0.6 is 0 Å². The Morgan fingerprint density at radius 3 is 2.20 bits per heavy atom. The third-order valence-electron chi connectivity index (χ3n) is 1.65. The lowest BCUT2D eigenvalue weighted by Gasteiger charge is -2.14. The van der Waals surface area contributed by atoms with Crippen molar-refractivity contribution in [2.45, 2.75) is 39.8 Å². The maximum absolute atomic E-state index is 11.4. The Kier molecular flexibility index (Phi) is 5.66. The topological polar surface area (TPSA) is 74.0 Å². The molecule has 1 unspecified atom stereocenters. The molecule has 0 saturated heterocycles. The number of ether oxygens (including phenoxy) is 1. The normalized spacial score (nSPS) is 14.2. The van der Waals surface area contributed by atoms with Crippen LogP contribution < -0.4 is 0 Å². The number of rotatable bonds is 5. The van der Waals surface area contributed by atoms with E-state index < -0.39 is 12.0 Å². The van der Waals surface area contributed by atoms with Gasteiger partial charge in [-0.25, -0.2) is 4.79 Å². The van der Waals surface area contributed by atoms with Crippen LogP contribution in [-0.4, -0.2) is 30.1 Å². The molecule has 0 bridgehead atoms. The van der Waals surface area contributed by atoms with Gasteiger partial charge in [0, 0.05) is 5.92 Å². The van der Waals surface area contributed by atoms with Gasteiger partial charge in [0.05, 0.1) is 7.11 Å². The van der Waals surface area contributed by atoms with Crippen LogP contribution in [0.15, 0.2) is 5.28 Å². The number of hydrogen-bond acceptors (Lipinski definition) is 5. The van der Waals surface area contributed by atoms with E-state index >= 15 is 0 Å². The lowest BCUT2D eigenvalue weighted by atomic mass is 10.1. The van der Waals surface area contributed by atoms with E-state index in [2.05, 4.69) is 10.0 Å². The molecule has 0 saturated carbocycles. The third-order valence-corrected chi connectivity index (χ3v) is 1.65. The molecule has 88 valence electrons. The predicted octanol–water partition coefficient (Wildman–Crippen LogP) is 1.49. The Labute approximate surface area is 89.4 Å². The average Bonchev–Trinajstić information content (AvgIpc) is 2.14. The van der Waals surface area contributed by atoms with Gasteiger partial charge in [-0.3, -0.25) is 0 Å². The highest BCUT2D eigenvalue weighted by molar-refractivity contribution is 5.74. The smallest absolute Gasteiger partial charge is 0.379 e. The van der Waals surface area contributed by atoms with Gasteiger partial charge >= 0.3 is 5.97 Å². The molecule has 0 aliphatic rings. The Bertz CT molecular complexity index is 238. The highest BCUT2D eigenvalue weighted by Crippen LogP contribution is 2.08. The molecule has 0 aliphatic carbocycles. The molecule has 0 N–H and O–H groups in total. The van der Waals surface area contributed by atoms with E-state index in [1.165, 1.54) is 7.11 Å². The van der Waals surface area contributed by atoms with Crippen molar-refractivity contribution in [2.75, 3.05) is 7.11 Å². The quantitative estimate of drug-likeness (QED) is 0.303. The molecule has 0 amide bonds. The van der Waals surface area contributed by atoms with Gasteiger partial charge in [0.15, 0.2) is 0 Å². The highest BCUT2D eigenvalue weighted by atomic mass is 16.7. The van der Waals surface area contributed by atoms with Crippen molar-refractivity contribution >= 4 is 5.97 Å². The fraction of sp³-hybridized carbons (Fsp3) is 0.889. The molecular formula is C9H18N2O4. The van der Waals surface area contributed by atoms with Gasteiger partial charge in [-0.1, -0.05) is 13.8 Å². The molecule has 0 aromatic carbocycles. The van der Waals surface area contributed by atoms with Crippen molar-refractivity contribution in [3.63, 3.8) is 0 Å². The van der Waals surface area contributed by atoms with Crippen molar-refractivity contribution in [3.05, 3.63) is 5.21 Å². The molecule has 0 aromatic rings. The maximum atomic E-state index is 11.4. The van der Waals surface area contributed by atoms with E-state index in [9.17, 15) is 10.0 Å². The van der Waals surface area contributed by atoms with E-state index in [1.807, 2.05) is 0 Å². The van der Waals surface area contributed by atoms with Crippen molar-refractivity contribution < 1.29 is 19.2 Å². The highest BCUT2D eigenvalue weighted by Gasteiger charge is 2.33. The summed E-state index contributed by atoms with van der Waals surface area (Å²) in [5.74, 6) is -0.814. The first-order valence-corrected chi connectivity index (χ1v) is 4.81. The van der Waals surface area contributed by atoms with Gasteiger partial charge in [-0.2, -0.15) is 0 Å². The Balaban J connectivity index is 4.62. The average molecular weight is 218 g/mol. The van der Waals surface area contributed by atoms with Crippen LogP contribution in [0.1, 0.15) is 27.7 Å². The van der Waals surface area contributed by atoms with Crippen LogP contribution in [0.5, 0.6) is 0 Å². The molecule has 0 rings (SSSR count). The summed E-state index contributed by atoms with van der Waals surface area (Å²) < 4.78 is 4.51. The standard InChI is InChI=1S/C9H18N2O4/c1-6(2)8(9(12)14-5)11(13)10-15-7(3)4/h6-8H,1-5H3/b11-10-. The lowest BCUT2D eigenvalue weighted by Crippen LogP contribution is -2.36. The van der Waals surface area contributed by atoms with E-state index in [-0.39, 0.29) is 16.9 Å². The molecule has 0 heterocycles. The second-order valence-electron chi connectivity index (χ2n) is 3.75. The Morgan fingerprint density at radius 2 is 1.87 bits per heavy atom. The minimum absolute atomic E-state index is 0.200. The van der Waals surface area contributed by atoms with E-state index in [1.54, 1.807) is 27.7 Å². The monoisotopic (exact) mass is 218 g/mol. The zero-order valence-electron chi connectivity index (χ0n) is 9.76. The Morgan fingerprint density at radius 1 is 1.33 bits per heavy atom. The molecule has 15 heavy (non-hydrogen) atoms. The van der Waals surface area contributed by atoms with Crippen molar-refractivity contribution in [1.29, 1.82) is 0 Å². The molecular weight excluding hydrogens is 200 g/mol. The van der Waals surface area contributed by atoms with Crippen LogP contribution in [-0.2, 0) is 14.4 Å². The fourth-order valence-electron chi connectivity index (χ4n) is 0.930. The molecule has 0 aromatic heterocycles. The van der Waals surface area contributed by atoms with Crippen molar-refractivity contribution in [2.24, 2.45) is 11.2 Å².